The van der Waals surface area contributed by atoms with Crippen LogP contribution in [0.15, 0.2) is 24.3 Å². The van der Waals surface area contributed by atoms with Crippen molar-refractivity contribution in [2.75, 3.05) is 18.4 Å². The molecule has 1 fully saturated rings. The number of hydrogen-bond donors (Lipinski definition) is 2. The van der Waals surface area contributed by atoms with Crippen LogP contribution in [0.1, 0.15) is 12.0 Å². The SMILES string of the molecule is NC1CCN(C(=O)Nc2ccc(C(F)(F)F)cc2)C1. The third-order valence-electron chi connectivity index (χ3n) is 2.98. The van der Waals surface area contributed by atoms with Crippen LogP contribution in [0.3, 0.4) is 0 Å². The van der Waals surface area contributed by atoms with E-state index in [0.29, 0.717) is 18.8 Å². The normalized spacial score (nSPS) is 19.6. The Morgan fingerprint density at radius 3 is 2.42 bits per heavy atom. The van der Waals surface area contributed by atoms with Gasteiger partial charge in [0.2, 0.25) is 0 Å². The molecule has 1 aromatic rings. The number of carbonyl (C=O) groups excluding carboxylic acids is 1. The summed E-state index contributed by atoms with van der Waals surface area (Å²) < 4.78 is 37.1. The van der Waals surface area contributed by atoms with Crippen molar-refractivity contribution >= 4 is 11.7 Å². The lowest BCUT2D eigenvalue weighted by molar-refractivity contribution is -0.137. The highest BCUT2D eigenvalue weighted by atomic mass is 19.4. The Balaban J connectivity index is 1.98. The number of anilines is 1. The van der Waals surface area contributed by atoms with Crippen LogP contribution in [-0.2, 0) is 6.18 Å². The smallest absolute Gasteiger partial charge is 0.326 e. The molecule has 4 nitrogen and oxygen atoms in total. The van der Waals surface area contributed by atoms with Crippen LogP contribution in [0.5, 0.6) is 0 Å². The molecule has 1 aliphatic heterocycles. The number of benzene rings is 1. The van der Waals surface area contributed by atoms with E-state index in [9.17, 15) is 18.0 Å². The molecular formula is C12H14F3N3O. The lowest BCUT2D eigenvalue weighted by Gasteiger charge is -2.17. The molecule has 2 amide bonds. The average Bonchev–Trinajstić information content (AvgIpc) is 2.75. The summed E-state index contributed by atoms with van der Waals surface area (Å²) >= 11 is 0. The first-order valence-electron chi connectivity index (χ1n) is 5.85. The van der Waals surface area contributed by atoms with E-state index >= 15 is 0 Å². The summed E-state index contributed by atoms with van der Waals surface area (Å²) in [6, 6.07) is 3.97. The van der Waals surface area contributed by atoms with E-state index in [1.807, 2.05) is 0 Å². The van der Waals surface area contributed by atoms with Gasteiger partial charge in [-0.15, -0.1) is 0 Å². The Labute approximate surface area is 108 Å². The number of urea groups is 1. The largest absolute Gasteiger partial charge is 0.416 e. The third kappa shape index (κ3) is 3.37. The maximum Gasteiger partial charge on any atom is 0.416 e. The van der Waals surface area contributed by atoms with Gasteiger partial charge in [-0.2, -0.15) is 13.2 Å². The molecule has 3 N–H and O–H groups in total. The molecule has 1 heterocycles. The third-order valence-corrected chi connectivity index (χ3v) is 2.98. The van der Waals surface area contributed by atoms with Crippen molar-refractivity contribution in [1.29, 1.82) is 0 Å². The molecule has 0 saturated carbocycles. The molecule has 1 unspecified atom stereocenters. The van der Waals surface area contributed by atoms with Gasteiger partial charge in [-0.1, -0.05) is 0 Å². The van der Waals surface area contributed by atoms with Gasteiger partial charge in [0.05, 0.1) is 5.56 Å². The minimum Gasteiger partial charge on any atom is -0.326 e. The molecule has 0 spiro atoms. The van der Waals surface area contributed by atoms with Gasteiger partial charge in [0.1, 0.15) is 0 Å². The molecule has 1 atom stereocenters. The topological polar surface area (TPSA) is 58.4 Å². The van der Waals surface area contributed by atoms with Crippen LogP contribution in [0.4, 0.5) is 23.7 Å². The van der Waals surface area contributed by atoms with Gasteiger partial charge >= 0.3 is 12.2 Å². The summed E-state index contributed by atoms with van der Waals surface area (Å²) in [6.07, 6.45) is -3.63. The Kier molecular flexibility index (Phi) is 3.66. The molecule has 1 aromatic carbocycles. The summed E-state index contributed by atoms with van der Waals surface area (Å²) in [5.41, 5.74) is 5.27. The number of alkyl halides is 3. The van der Waals surface area contributed by atoms with Crippen LogP contribution in [0.2, 0.25) is 0 Å². The number of rotatable bonds is 1. The van der Waals surface area contributed by atoms with Crippen molar-refractivity contribution in [3.8, 4) is 0 Å². The Morgan fingerprint density at radius 2 is 1.95 bits per heavy atom. The van der Waals surface area contributed by atoms with Crippen LogP contribution < -0.4 is 11.1 Å². The summed E-state index contributed by atoms with van der Waals surface area (Å²) in [5, 5.41) is 2.55. The molecule has 0 radical (unpaired) electrons. The van der Waals surface area contributed by atoms with Gasteiger partial charge in [0.15, 0.2) is 0 Å². The molecule has 0 bridgehead atoms. The number of likely N-dealkylation sites (tertiary alicyclic amines) is 1. The molecule has 0 aromatic heterocycles. The summed E-state index contributed by atoms with van der Waals surface area (Å²) in [5.74, 6) is 0. The zero-order valence-corrected chi connectivity index (χ0v) is 10.1. The molecule has 7 heteroatoms. The summed E-state index contributed by atoms with van der Waals surface area (Å²) in [7, 11) is 0. The minimum atomic E-state index is -4.37. The maximum atomic E-state index is 12.4. The number of hydrogen-bond acceptors (Lipinski definition) is 2. The predicted molar refractivity (Wildman–Crippen MR) is 64.6 cm³/mol. The number of carbonyl (C=O) groups is 1. The van der Waals surface area contributed by atoms with Gasteiger partial charge in [-0.05, 0) is 30.7 Å². The molecular weight excluding hydrogens is 259 g/mol. The lowest BCUT2D eigenvalue weighted by Crippen LogP contribution is -2.35. The van der Waals surface area contributed by atoms with E-state index in [1.165, 1.54) is 12.1 Å². The quantitative estimate of drug-likeness (QED) is 0.824. The fourth-order valence-electron chi connectivity index (χ4n) is 1.92. The van der Waals surface area contributed by atoms with E-state index < -0.39 is 11.7 Å². The molecule has 2 rings (SSSR count). The first kappa shape index (κ1) is 13.7. The molecule has 1 aliphatic rings. The van der Waals surface area contributed by atoms with Crippen molar-refractivity contribution < 1.29 is 18.0 Å². The van der Waals surface area contributed by atoms with Gasteiger partial charge in [-0.25, -0.2) is 4.79 Å². The van der Waals surface area contributed by atoms with Crippen LogP contribution in [0, 0.1) is 0 Å². The van der Waals surface area contributed by atoms with Gasteiger partial charge < -0.3 is 16.0 Å². The molecule has 104 valence electrons. The Bertz CT molecular complexity index is 458. The Hall–Kier alpha value is -1.76. The average molecular weight is 273 g/mol. The second-order valence-corrected chi connectivity index (χ2v) is 4.50. The monoisotopic (exact) mass is 273 g/mol. The fraction of sp³-hybridized carbons (Fsp3) is 0.417. The highest BCUT2D eigenvalue weighted by molar-refractivity contribution is 5.89. The van der Waals surface area contributed by atoms with E-state index in [2.05, 4.69) is 5.32 Å². The maximum absolute atomic E-state index is 12.4. The minimum absolute atomic E-state index is 0.0293. The van der Waals surface area contributed by atoms with Crippen molar-refractivity contribution in [1.82, 2.24) is 4.90 Å². The van der Waals surface area contributed by atoms with Crippen LogP contribution in [-0.4, -0.2) is 30.1 Å². The van der Waals surface area contributed by atoms with E-state index in [0.717, 1.165) is 18.6 Å². The lowest BCUT2D eigenvalue weighted by atomic mass is 10.2. The predicted octanol–water partition coefficient (Wildman–Crippen LogP) is 2.27. The van der Waals surface area contributed by atoms with Gasteiger partial charge in [0, 0.05) is 24.8 Å². The molecule has 19 heavy (non-hydrogen) atoms. The number of halogens is 3. The zero-order chi connectivity index (χ0) is 14.0. The standard InChI is InChI=1S/C12H14F3N3O/c13-12(14,15)8-1-3-10(4-2-8)17-11(19)18-6-5-9(16)7-18/h1-4,9H,5-7,16H2,(H,17,19). The zero-order valence-electron chi connectivity index (χ0n) is 10.1. The number of nitrogens with zero attached hydrogens (tertiary/aromatic N) is 1. The van der Waals surface area contributed by atoms with E-state index in [1.54, 1.807) is 4.90 Å². The second-order valence-electron chi connectivity index (χ2n) is 4.50. The highest BCUT2D eigenvalue weighted by Crippen LogP contribution is 2.29. The number of amides is 2. The second kappa shape index (κ2) is 5.08. The summed E-state index contributed by atoms with van der Waals surface area (Å²) in [4.78, 5) is 13.3. The summed E-state index contributed by atoms with van der Waals surface area (Å²) in [6.45, 7) is 1.03. The van der Waals surface area contributed by atoms with Gasteiger partial charge in [0.25, 0.3) is 0 Å². The van der Waals surface area contributed by atoms with Crippen molar-refractivity contribution in [2.24, 2.45) is 5.73 Å². The Morgan fingerprint density at radius 1 is 1.32 bits per heavy atom. The van der Waals surface area contributed by atoms with Crippen LogP contribution in [0.25, 0.3) is 0 Å². The van der Waals surface area contributed by atoms with Gasteiger partial charge in [-0.3, -0.25) is 0 Å². The first-order chi connectivity index (χ1) is 8.86. The van der Waals surface area contributed by atoms with Crippen molar-refractivity contribution in [3.05, 3.63) is 29.8 Å². The number of nitrogens with two attached hydrogens (primary N) is 1. The van der Waals surface area contributed by atoms with E-state index in [-0.39, 0.29) is 12.1 Å². The fourth-order valence-corrected chi connectivity index (χ4v) is 1.92. The molecule has 0 aliphatic carbocycles. The number of nitrogens with one attached hydrogen (secondary N) is 1. The first-order valence-corrected chi connectivity index (χ1v) is 5.85. The van der Waals surface area contributed by atoms with Crippen molar-refractivity contribution in [3.63, 3.8) is 0 Å². The van der Waals surface area contributed by atoms with Crippen LogP contribution >= 0.6 is 0 Å². The van der Waals surface area contributed by atoms with E-state index in [4.69, 9.17) is 5.73 Å². The highest BCUT2D eigenvalue weighted by Gasteiger charge is 2.30. The molecule has 1 saturated heterocycles. The van der Waals surface area contributed by atoms with Crippen molar-refractivity contribution in [2.45, 2.75) is 18.6 Å².